The molecular weight excluding hydrogens is 432 g/mol. The van der Waals surface area contributed by atoms with E-state index in [0.29, 0.717) is 15.4 Å². The zero-order chi connectivity index (χ0) is 22.3. The fourth-order valence-corrected chi connectivity index (χ4v) is 6.10. The maximum atomic E-state index is 13.8. The number of primary amides is 1. The fraction of sp³-hybridized carbons (Fsp3) is 0.364. The number of thiophene rings is 1. The maximum Gasteiger partial charge on any atom is 0.318 e. The summed E-state index contributed by atoms with van der Waals surface area (Å²) in [6.07, 6.45) is 4.06. The summed E-state index contributed by atoms with van der Waals surface area (Å²) in [6.45, 7) is 5.58. The van der Waals surface area contributed by atoms with Gasteiger partial charge in [-0.05, 0) is 69.2 Å². The van der Waals surface area contributed by atoms with Crippen LogP contribution in [0.3, 0.4) is 0 Å². The minimum Gasteiger partial charge on any atom is -0.351 e. The molecule has 1 aromatic carbocycles. The number of carbonyl (C=O) groups excluding carboxylic acids is 2. The van der Waals surface area contributed by atoms with E-state index in [4.69, 9.17) is 10.7 Å². The van der Waals surface area contributed by atoms with Crippen molar-refractivity contribution in [1.82, 2.24) is 14.9 Å². The number of aryl methyl sites for hydroxylation is 4. The van der Waals surface area contributed by atoms with Crippen molar-refractivity contribution >= 4 is 45.3 Å². The van der Waals surface area contributed by atoms with Crippen molar-refractivity contribution in [3.63, 3.8) is 0 Å². The molecule has 0 unspecified atom stereocenters. The summed E-state index contributed by atoms with van der Waals surface area (Å²) >= 11 is 2.72. The number of imide groups is 1. The van der Waals surface area contributed by atoms with E-state index < -0.39 is 17.2 Å². The van der Waals surface area contributed by atoms with Gasteiger partial charge in [-0.3, -0.25) is 19.5 Å². The Balaban J connectivity index is 1.93. The number of nitrogens with zero attached hydrogens (tertiary/aromatic N) is 2. The molecule has 1 aliphatic rings. The monoisotopic (exact) mass is 456 g/mol. The number of aromatic nitrogens is 2. The van der Waals surface area contributed by atoms with Gasteiger partial charge in [0.1, 0.15) is 4.83 Å². The van der Waals surface area contributed by atoms with Crippen molar-refractivity contribution in [2.24, 2.45) is 5.73 Å². The summed E-state index contributed by atoms with van der Waals surface area (Å²) in [6, 6.07) is 5.03. The van der Waals surface area contributed by atoms with Crippen LogP contribution in [0.25, 0.3) is 15.9 Å². The van der Waals surface area contributed by atoms with Crippen molar-refractivity contribution in [3.05, 3.63) is 50.1 Å². The Morgan fingerprint density at radius 2 is 2.00 bits per heavy atom. The van der Waals surface area contributed by atoms with E-state index in [1.54, 1.807) is 22.8 Å². The summed E-state index contributed by atoms with van der Waals surface area (Å²) in [5.74, 6) is -0.523. The Morgan fingerprint density at radius 3 is 2.74 bits per heavy atom. The molecule has 0 fully saturated rings. The van der Waals surface area contributed by atoms with Crippen LogP contribution in [-0.4, -0.2) is 26.7 Å². The third-order valence-electron chi connectivity index (χ3n) is 5.46. The molecule has 162 valence electrons. The maximum absolute atomic E-state index is 13.8. The molecule has 0 radical (unpaired) electrons. The summed E-state index contributed by atoms with van der Waals surface area (Å²) < 4.78 is 1.62. The first kappa shape index (κ1) is 21.6. The van der Waals surface area contributed by atoms with Crippen molar-refractivity contribution in [2.45, 2.75) is 56.9 Å². The molecule has 3 amide bonds. The molecule has 0 aliphatic heterocycles. The molecule has 2 aromatic heterocycles. The van der Waals surface area contributed by atoms with Crippen molar-refractivity contribution in [3.8, 4) is 5.69 Å². The largest absolute Gasteiger partial charge is 0.351 e. The Hall–Kier alpha value is -2.65. The predicted molar refractivity (Wildman–Crippen MR) is 124 cm³/mol. The number of fused-ring (bicyclic) bond motifs is 3. The number of carbonyl (C=O) groups is 2. The highest BCUT2D eigenvalue weighted by Crippen LogP contribution is 2.36. The van der Waals surface area contributed by atoms with Gasteiger partial charge in [-0.25, -0.2) is 9.78 Å². The molecule has 3 aromatic rings. The molecule has 0 spiro atoms. The first-order chi connectivity index (χ1) is 14.8. The second-order valence-corrected chi connectivity index (χ2v) is 10.2. The van der Waals surface area contributed by atoms with Crippen LogP contribution in [0, 0.1) is 13.8 Å². The van der Waals surface area contributed by atoms with Crippen LogP contribution < -0.4 is 16.6 Å². The summed E-state index contributed by atoms with van der Waals surface area (Å²) in [4.78, 5) is 44.0. The Morgan fingerprint density at radius 1 is 1.26 bits per heavy atom. The molecular formula is C22H24N4O3S2. The van der Waals surface area contributed by atoms with Gasteiger partial charge in [0.25, 0.3) is 5.56 Å². The van der Waals surface area contributed by atoms with Crippen molar-refractivity contribution in [1.29, 1.82) is 0 Å². The topological polar surface area (TPSA) is 107 Å². The lowest BCUT2D eigenvalue weighted by molar-refractivity contribution is -0.119. The van der Waals surface area contributed by atoms with Gasteiger partial charge >= 0.3 is 6.03 Å². The quantitative estimate of drug-likeness (QED) is 0.461. The molecule has 7 nitrogen and oxygen atoms in total. The Bertz CT molecular complexity index is 1260. The first-order valence-corrected chi connectivity index (χ1v) is 11.9. The van der Waals surface area contributed by atoms with Crippen LogP contribution in [0.5, 0.6) is 0 Å². The lowest BCUT2D eigenvalue weighted by Crippen LogP contribution is -2.39. The second kappa shape index (κ2) is 8.47. The molecule has 0 saturated heterocycles. The van der Waals surface area contributed by atoms with Crippen LogP contribution in [0.4, 0.5) is 4.79 Å². The third kappa shape index (κ3) is 4.12. The van der Waals surface area contributed by atoms with Gasteiger partial charge in [-0.15, -0.1) is 11.3 Å². The lowest BCUT2D eigenvalue weighted by Gasteiger charge is -2.17. The number of nitrogens with two attached hydrogens (primary N) is 1. The van der Waals surface area contributed by atoms with Crippen LogP contribution in [0.2, 0.25) is 0 Å². The third-order valence-corrected chi connectivity index (χ3v) is 7.70. The molecule has 3 N–H and O–H groups in total. The highest BCUT2D eigenvalue weighted by molar-refractivity contribution is 8.00. The lowest BCUT2D eigenvalue weighted by atomic mass is 9.97. The zero-order valence-corrected chi connectivity index (χ0v) is 19.3. The molecule has 4 rings (SSSR count). The van der Waals surface area contributed by atoms with E-state index in [1.807, 2.05) is 32.0 Å². The predicted octanol–water partition coefficient (Wildman–Crippen LogP) is 3.62. The molecule has 31 heavy (non-hydrogen) atoms. The van der Waals surface area contributed by atoms with Gasteiger partial charge in [0, 0.05) is 4.88 Å². The van der Waals surface area contributed by atoms with Gasteiger partial charge in [-0.1, -0.05) is 23.9 Å². The number of benzene rings is 1. The molecule has 1 aliphatic carbocycles. The SMILES string of the molecule is Cc1ccc(C)c(-n2c(S[C@H](C)C(=O)NC(N)=O)nc3sc4c(c3c2=O)CCCC4)c1. The Kier molecular flexibility index (Phi) is 5.90. The van der Waals surface area contributed by atoms with Crippen LogP contribution >= 0.6 is 23.1 Å². The Labute approximate surface area is 188 Å². The fourth-order valence-electron chi connectivity index (χ4n) is 3.87. The van der Waals surface area contributed by atoms with Gasteiger partial charge in [0.05, 0.1) is 16.3 Å². The number of hydrogen-bond donors (Lipinski definition) is 2. The van der Waals surface area contributed by atoms with Crippen LogP contribution in [0.1, 0.15) is 41.3 Å². The van der Waals surface area contributed by atoms with Crippen LogP contribution in [0.15, 0.2) is 28.2 Å². The molecule has 0 saturated carbocycles. The van der Waals surface area contributed by atoms with Gasteiger partial charge in [-0.2, -0.15) is 0 Å². The zero-order valence-electron chi connectivity index (χ0n) is 17.7. The summed E-state index contributed by atoms with van der Waals surface area (Å²) in [5.41, 5.74) is 8.82. The molecule has 9 heteroatoms. The number of amides is 3. The van der Waals surface area contributed by atoms with E-state index in [9.17, 15) is 14.4 Å². The number of hydrogen-bond acceptors (Lipinski definition) is 6. The second-order valence-electron chi connectivity index (χ2n) is 7.83. The average molecular weight is 457 g/mol. The number of rotatable bonds is 4. The normalized spacial score (nSPS) is 14.3. The first-order valence-electron chi connectivity index (χ1n) is 10.2. The highest BCUT2D eigenvalue weighted by Gasteiger charge is 2.26. The minimum absolute atomic E-state index is 0.108. The minimum atomic E-state index is -0.904. The number of nitrogens with one attached hydrogen (secondary N) is 1. The van der Waals surface area contributed by atoms with Gasteiger partial charge < -0.3 is 5.73 Å². The van der Waals surface area contributed by atoms with Crippen molar-refractivity contribution < 1.29 is 9.59 Å². The van der Waals surface area contributed by atoms with Gasteiger partial charge in [0.2, 0.25) is 5.91 Å². The number of urea groups is 1. The summed E-state index contributed by atoms with van der Waals surface area (Å²) in [5, 5.41) is 2.56. The van der Waals surface area contributed by atoms with Gasteiger partial charge in [0.15, 0.2) is 5.16 Å². The van der Waals surface area contributed by atoms with Crippen LogP contribution in [-0.2, 0) is 17.6 Å². The molecule has 2 heterocycles. The standard InChI is InChI=1S/C22H24N4O3S2/c1-11-8-9-12(2)15(10-11)26-20(28)17-14-6-4-5-7-16(14)31-19(17)25-22(26)30-13(3)18(27)24-21(23)29/h8-10,13H,4-7H2,1-3H3,(H3,23,24,27,29)/t13-/m1/s1. The summed E-state index contributed by atoms with van der Waals surface area (Å²) in [7, 11) is 0. The van der Waals surface area contributed by atoms with Crippen molar-refractivity contribution in [2.75, 3.05) is 0 Å². The van der Waals surface area contributed by atoms with E-state index in [-0.39, 0.29) is 5.56 Å². The highest BCUT2D eigenvalue weighted by atomic mass is 32.2. The number of thioether (sulfide) groups is 1. The van der Waals surface area contributed by atoms with E-state index >= 15 is 0 Å². The van der Waals surface area contributed by atoms with E-state index in [0.717, 1.165) is 59.8 Å². The molecule has 1 atom stereocenters. The average Bonchev–Trinajstić information content (AvgIpc) is 3.08. The smallest absolute Gasteiger partial charge is 0.318 e. The molecule has 0 bridgehead atoms. The van der Waals surface area contributed by atoms with E-state index in [1.165, 1.54) is 4.88 Å². The van der Waals surface area contributed by atoms with E-state index in [2.05, 4.69) is 5.32 Å².